The van der Waals surface area contributed by atoms with Gasteiger partial charge in [0, 0.05) is 0 Å². The zero-order chi connectivity index (χ0) is 10.3. The molecule has 88 valence electrons. The monoisotopic (exact) mass is 303 g/mol. The molecule has 0 radical (unpaired) electrons. The number of hydrogen-bond acceptors (Lipinski definition) is 1. The molecule has 0 aliphatic carbocycles. The van der Waals surface area contributed by atoms with E-state index in [0.29, 0.717) is 0 Å². The van der Waals surface area contributed by atoms with E-state index in [2.05, 4.69) is 26.1 Å². The van der Waals surface area contributed by atoms with Gasteiger partial charge in [-0.3, -0.25) is 0 Å². The summed E-state index contributed by atoms with van der Waals surface area (Å²) in [6, 6.07) is 0. The molecule has 0 aromatic heterocycles. The van der Waals surface area contributed by atoms with Crippen LogP contribution in [0.2, 0.25) is 39.6 Å². The molecule has 0 aromatic rings. The molecule has 5 atom stereocenters. The normalized spacial score (nSPS) is 135. The Hall–Kier alpha value is 0.583. The van der Waals surface area contributed by atoms with E-state index in [0.717, 1.165) is 12.2 Å². The molecule has 1 N–H and O–H groups in total. The van der Waals surface area contributed by atoms with Crippen LogP contribution in [0.4, 0.5) is 0 Å². The van der Waals surface area contributed by atoms with Crippen LogP contribution in [0.3, 0.4) is 0 Å². The first kappa shape index (κ1) is 6.15. The van der Waals surface area contributed by atoms with Crippen molar-refractivity contribution in [3.63, 3.8) is 0 Å². The fourth-order valence-electron chi connectivity index (χ4n) is 19.8. The first-order valence-electron chi connectivity index (χ1n) is 7.35. The maximum absolute atomic E-state index is 4.21. The van der Waals surface area contributed by atoms with Gasteiger partial charge in [0.2, 0.25) is 0 Å². The Kier molecular flexibility index (Phi) is 0.170. The summed E-state index contributed by atoms with van der Waals surface area (Å²) in [6.07, 6.45) is 0. The van der Waals surface area contributed by atoms with E-state index in [-0.39, 0.29) is 0 Å². The fraction of sp³-hybridized carbons (Fsp3) is 1.00. The summed E-state index contributed by atoms with van der Waals surface area (Å²) in [4.78, 5) is 0. The second-order valence-electron chi connectivity index (χ2n) is 11.0. The third-order valence-corrected chi connectivity index (χ3v) is 89.3. The first-order chi connectivity index (χ1) is 7.39. The standard InChI is InChI=1S/C9H14N.C5H5.Ru/c1-4-10-9-6-5-7(2)8(9)3;1-2-4-5-3-1;/h5-6,10H,4H2,1-3H3;1-5H;. The van der Waals surface area contributed by atoms with Crippen LogP contribution in [-0.2, 0) is 7.72 Å². The zero-order valence-electron chi connectivity index (χ0n) is 10.1. The van der Waals surface area contributed by atoms with Crippen LogP contribution in [0.5, 0.6) is 0 Å². The summed E-state index contributed by atoms with van der Waals surface area (Å²) < 4.78 is 13.1. The third kappa shape index (κ3) is 0.0446. The van der Waals surface area contributed by atoms with Gasteiger partial charge in [0.1, 0.15) is 0 Å². The van der Waals surface area contributed by atoms with Crippen LogP contribution in [0, 0.1) is 0 Å². The van der Waals surface area contributed by atoms with Crippen LogP contribution >= 0.6 is 0 Å². The van der Waals surface area contributed by atoms with Gasteiger partial charge in [-0.15, -0.1) is 0 Å². The topological polar surface area (TPSA) is 12.0 Å². The van der Waals surface area contributed by atoms with Crippen LogP contribution in [0.15, 0.2) is 0 Å². The molecular weight excluding hydrogens is 283 g/mol. The zero-order valence-corrected chi connectivity index (χ0v) is 11.8. The van der Waals surface area contributed by atoms with Gasteiger partial charge in [-0.25, -0.2) is 0 Å². The van der Waals surface area contributed by atoms with Gasteiger partial charge in [-0.1, -0.05) is 0 Å². The van der Waals surface area contributed by atoms with Crippen LogP contribution < -0.4 is 5.32 Å². The molecule has 1 nitrogen and oxygen atoms in total. The molecule has 0 saturated carbocycles. The summed E-state index contributed by atoms with van der Waals surface area (Å²) in [6.45, 7) is 9.31. The van der Waals surface area contributed by atoms with Crippen molar-refractivity contribution in [1.82, 2.24) is 5.32 Å². The van der Waals surface area contributed by atoms with Gasteiger partial charge >= 0.3 is 84.1 Å². The summed E-state index contributed by atoms with van der Waals surface area (Å²) in [5, 5.41) is 4.21. The number of rotatable bonds is 2. The second kappa shape index (κ2) is 0.442. The molecule has 0 amide bonds. The second-order valence-corrected chi connectivity index (χ2v) is 47.9. The molecule has 2 heteroatoms. The Bertz CT molecular complexity index is 980. The molecular formula is C14H19NRu. The van der Waals surface area contributed by atoms with E-state index >= 15 is 0 Å². The summed E-state index contributed by atoms with van der Waals surface area (Å²) >= 11 is 0. The average molecular weight is 302 g/mol. The Morgan fingerprint density at radius 1 is 1.00 bits per heavy atom. The van der Waals surface area contributed by atoms with Crippen molar-refractivity contribution in [3.8, 4) is 0 Å². The minimum absolute atomic E-state index is 0.912. The van der Waals surface area contributed by atoms with Gasteiger partial charge in [-0.05, 0) is 0 Å². The average Bonchev–Trinajstić information content (AvgIpc) is 3.21. The van der Waals surface area contributed by atoms with E-state index in [9.17, 15) is 0 Å². The molecule has 5 unspecified atom stereocenters. The molecule has 10 fully saturated rings. The van der Waals surface area contributed by atoms with Gasteiger partial charge in [0.25, 0.3) is 0 Å². The number of nitrogens with one attached hydrogen (secondary N) is 1. The Balaban J connectivity index is 1.81. The van der Waals surface area contributed by atoms with Crippen molar-refractivity contribution in [1.29, 1.82) is 0 Å². The third-order valence-electron chi connectivity index (χ3n) is 17.1. The van der Waals surface area contributed by atoms with Gasteiger partial charge in [0.05, 0.1) is 0 Å². The predicted octanol–water partition coefficient (Wildman–Crippen LogP) is 3.67. The molecule has 0 aromatic carbocycles. The van der Waals surface area contributed by atoms with E-state index < -0.39 is 7.72 Å². The van der Waals surface area contributed by atoms with E-state index in [1.54, 1.807) is 0 Å². The molecule has 10 aliphatic rings. The van der Waals surface area contributed by atoms with Gasteiger partial charge in [-0.2, -0.15) is 0 Å². The molecule has 0 bridgehead atoms. The molecule has 10 rings (SSSR count). The number of hydrogen-bond donors (Lipinski definition) is 1. The molecule has 1 spiro atoms. The van der Waals surface area contributed by atoms with Crippen molar-refractivity contribution in [2.24, 2.45) is 0 Å². The van der Waals surface area contributed by atoms with Gasteiger partial charge < -0.3 is 0 Å². The van der Waals surface area contributed by atoms with Crippen LogP contribution in [0.25, 0.3) is 0 Å². The first-order valence-corrected chi connectivity index (χ1v) is 17.0. The van der Waals surface area contributed by atoms with Gasteiger partial charge in [0.15, 0.2) is 0 Å². The predicted molar refractivity (Wildman–Crippen MR) is 59.4 cm³/mol. The van der Waals surface area contributed by atoms with Crippen molar-refractivity contribution in [2.75, 3.05) is 6.54 Å². The molecule has 10 saturated heterocycles. The SMILES string of the molecule is CCN[C]12[CH]3[CH]4[C]5(C)[C]1(C)[Ru]43521678[CH]2[CH]1[CH]6[CH]7[CH]28. The van der Waals surface area contributed by atoms with Crippen molar-refractivity contribution in [2.45, 2.75) is 64.5 Å². The van der Waals surface area contributed by atoms with Crippen molar-refractivity contribution >= 4 is 0 Å². The van der Waals surface area contributed by atoms with E-state index in [1.165, 1.54) is 38.1 Å². The Morgan fingerprint density at radius 2 is 1.56 bits per heavy atom. The fourth-order valence-corrected chi connectivity index (χ4v) is 160. The minimum atomic E-state index is -3.27. The molecule has 10 heterocycles. The summed E-state index contributed by atoms with van der Waals surface area (Å²) in [7, 11) is -3.27. The van der Waals surface area contributed by atoms with Crippen LogP contribution in [-0.4, -0.2) is 10.7 Å². The summed E-state index contributed by atoms with van der Waals surface area (Å²) in [5.74, 6) is 0. The Labute approximate surface area is 84.1 Å². The van der Waals surface area contributed by atoms with Crippen molar-refractivity contribution in [3.05, 3.63) is 0 Å². The van der Waals surface area contributed by atoms with E-state index in [1.807, 2.05) is 0 Å². The number of fused-ring (bicyclic) bond motifs is 10. The quantitative estimate of drug-likeness (QED) is 0.767. The van der Waals surface area contributed by atoms with E-state index in [4.69, 9.17) is 0 Å². The van der Waals surface area contributed by atoms with Crippen molar-refractivity contribution < 1.29 is 7.72 Å². The summed E-state index contributed by atoms with van der Waals surface area (Å²) in [5.41, 5.74) is 0. The maximum atomic E-state index is 4.21. The van der Waals surface area contributed by atoms with Crippen LogP contribution in [0.1, 0.15) is 20.8 Å². The molecule has 10 aliphatic heterocycles. The molecule has 16 heavy (non-hydrogen) atoms. The Morgan fingerprint density at radius 3 is 1.75 bits per heavy atom.